The number of hydrogen-bond acceptors (Lipinski definition) is 5. The number of nitrogens with zero attached hydrogens (tertiary/aromatic N) is 1. The monoisotopic (exact) mass is 493 g/mol. The number of ether oxygens (including phenoxy) is 2. The number of fused-ring (bicyclic) bond motifs is 1. The van der Waals surface area contributed by atoms with Crippen molar-refractivity contribution in [3.8, 4) is 22.6 Å². The van der Waals surface area contributed by atoms with Crippen LogP contribution < -0.4 is 20.5 Å². The summed E-state index contributed by atoms with van der Waals surface area (Å²) < 4.78 is 11.3. The minimum absolute atomic E-state index is 0.0745. The van der Waals surface area contributed by atoms with E-state index in [1.807, 2.05) is 54.6 Å². The quantitative estimate of drug-likeness (QED) is 0.338. The Morgan fingerprint density at radius 3 is 2.32 bits per heavy atom. The van der Waals surface area contributed by atoms with Crippen LogP contribution in [0, 0.1) is 0 Å². The minimum Gasteiger partial charge on any atom is -0.493 e. The number of nitrogens with one attached hydrogen (secondary N) is 1. The van der Waals surface area contributed by atoms with E-state index in [1.165, 1.54) is 0 Å². The van der Waals surface area contributed by atoms with Crippen molar-refractivity contribution < 1.29 is 19.1 Å². The van der Waals surface area contributed by atoms with Gasteiger partial charge in [0.15, 0.2) is 11.5 Å². The fourth-order valence-corrected chi connectivity index (χ4v) is 4.65. The number of methoxy groups -OCH3 is 2. The third-order valence-electron chi connectivity index (χ3n) is 6.50. The number of anilines is 2. The summed E-state index contributed by atoms with van der Waals surface area (Å²) in [6, 6.07) is 26.0. The molecule has 186 valence electrons. The molecule has 1 aliphatic heterocycles. The number of para-hydroxylation sites is 2. The SMILES string of the molecule is COc1cc2c(c(-c3ccccc3)c1OC)CN(Cc1ccc(C(=O)Nc3ccccc3N)cc1)C2=O. The van der Waals surface area contributed by atoms with Gasteiger partial charge < -0.3 is 25.4 Å². The second kappa shape index (κ2) is 10.1. The molecule has 0 aromatic heterocycles. The summed E-state index contributed by atoms with van der Waals surface area (Å²) in [5.74, 6) is 0.802. The predicted octanol–water partition coefficient (Wildman–Crippen LogP) is 5.36. The normalized spacial score (nSPS) is 12.3. The van der Waals surface area contributed by atoms with Crippen molar-refractivity contribution in [3.05, 3.63) is 107 Å². The molecule has 0 saturated heterocycles. The maximum absolute atomic E-state index is 13.4. The largest absolute Gasteiger partial charge is 0.493 e. The molecule has 0 fully saturated rings. The summed E-state index contributed by atoms with van der Waals surface area (Å²) in [5.41, 5.74) is 11.7. The lowest BCUT2D eigenvalue weighted by Crippen LogP contribution is -2.23. The number of amides is 2. The number of benzene rings is 4. The summed E-state index contributed by atoms with van der Waals surface area (Å²) in [7, 11) is 3.18. The summed E-state index contributed by atoms with van der Waals surface area (Å²) in [5, 5.41) is 2.83. The first-order chi connectivity index (χ1) is 18.0. The lowest BCUT2D eigenvalue weighted by Gasteiger charge is -2.17. The van der Waals surface area contributed by atoms with Gasteiger partial charge in [-0.25, -0.2) is 0 Å². The van der Waals surface area contributed by atoms with E-state index in [2.05, 4.69) is 5.32 Å². The van der Waals surface area contributed by atoms with E-state index in [-0.39, 0.29) is 11.8 Å². The highest BCUT2D eigenvalue weighted by Crippen LogP contribution is 2.45. The number of carbonyl (C=O) groups excluding carboxylic acids is 2. The van der Waals surface area contributed by atoms with Crippen molar-refractivity contribution in [2.45, 2.75) is 13.1 Å². The minimum atomic E-state index is -0.249. The molecule has 7 heteroatoms. The van der Waals surface area contributed by atoms with E-state index >= 15 is 0 Å². The molecule has 0 bridgehead atoms. The Hall–Kier alpha value is -4.78. The molecule has 37 heavy (non-hydrogen) atoms. The molecule has 0 atom stereocenters. The average molecular weight is 494 g/mol. The van der Waals surface area contributed by atoms with Gasteiger partial charge in [-0.3, -0.25) is 9.59 Å². The molecule has 0 unspecified atom stereocenters. The van der Waals surface area contributed by atoms with Crippen molar-refractivity contribution in [3.63, 3.8) is 0 Å². The number of carbonyl (C=O) groups is 2. The first kappa shape index (κ1) is 23.9. The van der Waals surface area contributed by atoms with E-state index in [9.17, 15) is 9.59 Å². The number of nitrogens with two attached hydrogens (primary N) is 1. The summed E-state index contributed by atoms with van der Waals surface area (Å²) in [6.07, 6.45) is 0. The molecule has 1 heterocycles. The van der Waals surface area contributed by atoms with Crippen molar-refractivity contribution in [1.82, 2.24) is 4.90 Å². The maximum Gasteiger partial charge on any atom is 0.255 e. The first-order valence-corrected chi connectivity index (χ1v) is 11.9. The Bertz CT molecular complexity index is 1470. The Morgan fingerprint density at radius 1 is 0.946 bits per heavy atom. The van der Waals surface area contributed by atoms with Crippen LogP contribution in [-0.4, -0.2) is 30.9 Å². The molecule has 0 aliphatic carbocycles. The van der Waals surface area contributed by atoms with Gasteiger partial charge in [0, 0.05) is 29.8 Å². The average Bonchev–Trinajstić information content (AvgIpc) is 3.23. The van der Waals surface area contributed by atoms with E-state index in [1.54, 1.807) is 49.5 Å². The standard InChI is InChI=1S/C30H27N3O4/c1-36-26-16-22-23(27(28(26)37-2)20-8-4-3-5-9-20)18-33(30(22)35)17-19-12-14-21(15-13-19)29(34)32-25-11-7-6-10-24(25)31/h3-16H,17-18,31H2,1-2H3,(H,32,34). The van der Waals surface area contributed by atoms with Crippen LogP contribution in [0.1, 0.15) is 31.8 Å². The van der Waals surface area contributed by atoms with Gasteiger partial charge in [0.1, 0.15) is 0 Å². The lowest BCUT2D eigenvalue weighted by molar-refractivity contribution is 0.0766. The zero-order valence-electron chi connectivity index (χ0n) is 20.7. The third kappa shape index (κ3) is 4.59. The molecular weight excluding hydrogens is 466 g/mol. The molecule has 4 aromatic rings. The highest BCUT2D eigenvalue weighted by molar-refractivity contribution is 6.06. The third-order valence-corrected chi connectivity index (χ3v) is 6.50. The van der Waals surface area contributed by atoms with E-state index in [0.717, 1.165) is 22.3 Å². The first-order valence-electron chi connectivity index (χ1n) is 11.9. The van der Waals surface area contributed by atoms with Gasteiger partial charge in [0.2, 0.25) is 0 Å². The van der Waals surface area contributed by atoms with Gasteiger partial charge in [-0.15, -0.1) is 0 Å². The Morgan fingerprint density at radius 2 is 1.65 bits per heavy atom. The highest BCUT2D eigenvalue weighted by Gasteiger charge is 2.33. The topological polar surface area (TPSA) is 93.9 Å². The van der Waals surface area contributed by atoms with Crippen LogP contribution in [0.25, 0.3) is 11.1 Å². The van der Waals surface area contributed by atoms with E-state index in [4.69, 9.17) is 15.2 Å². The zero-order valence-corrected chi connectivity index (χ0v) is 20.7. The molecule has 0 radical (unpaired) electrons. The van der Waals surface area contributed by atoms with Gasteiger partial charge in [0.25, 0.3) is 11.8 Å². The molecule has 2 amide bonds. The van der Waals surface area contributed by atoms with Crippen LogP contribution in [0.3, 0.4) is 0 Å². The van der Waals surface area contributed by atoms with Crippen LogP contribution in [0.15, 0.2) is 84.9 Å². The predicted molar refractivity (Wildman–Crippen MR) is 144 cm³/mol. The summed E-state index contributed by atoms with van der Waals surface area (Å²) in [4.78, 5) is 27.9. The fraction of sp³-hybridized carbons (Fsp3) is 0.133. The maximum atomic E-state index is 13.4. The van der Waals surface area contributed by atoms with Crippen molar-refractivity contribution >= 4 is 23.2 Å². The molecule has 0 saturated carbocycles. The second-order valence-corrected chi connectivity index (χ2v) is 8.78. The highest BCUT2D eigenvalue weighted by atomic mass is 16.5. The number of hydrogen-bond donors (Lipinski definition) is 2. The van der Waals surface area contributed by atoms with Crippen LogP contribution in [0.5, 0.6) is 11.5 Å². The van der Waals surface area contributed by atoms with Crippen LogP contribution in [0.4, 0.5) is 11.4 Å². The smallest absolute Gasteiger partial charge is 0.255 e. The van der Waals surface area contributed by atoms with E-state index in [0.29, 0.717) is 47.1 Å². The lowest BCUT2D eigenvalue weighted by atomic mass is 9.95. The molecular formula is C30H27N3O4. The zero-order chi connectivity index (χ0) is 25.9. The Balaban J connectivity index is 1.38. The van der Waals surface area contributed by atoms with Gasteiger partial charge in [0.05, 0.1) is 25.6 Å². The van der Waals surface area contributed by atoms with Crippen molar-refractivity contribution in [2.75, 3.05) is 25.3 Å². The van der Waals surface area contributed by atoms with Crippen molar-refractivity contribution in [1.29, 1.82) is 0 Å². The molecule has 1 aliphatic rings. The number of nitrogen functional groups attached to an aromatic ring is 1. The second-order valence-electron chi connectivity index (χ2n) is 8.78. The summed E-state index contributed by atoms with van der Waals surface area (Å²) >= 11 is 0. The molecule has 5 rings (SSSR count). The van der Waals surface area contributed by atoms with Crippen LogP contribution in [0.2, 0.25) is 0 Å². The fourth-order valence-electron chi connectivity index (χ4n) is 4.65. The summed E-state index contributed by atoms with van der Waals surface area (Å²) in [6.45, 7) is 0.841. The van der Waals surface area contributed by atoms with Gasteiger partial charge in [-0.2, -0.15) is 0 Å². The molecule has 7 nitrogen and oxygen atoms in total. The van der Waals surface area contributed by atoms with Gasteiger partial charge >= 0.3 is 0 Å². The number of rotatable bonds is 7. The van der Waals surface area contributed by atoms with E-state index < -0.39 is 0 Å². The van der Waals surface area contributed by atoms with Crippen LogP contribution >= 0.6 is 0 Å². The Labute approximate surface area is 215 Å². The molecule has 3 N–H and O–H groups in total. The molecule has 0 spiro atoms. The van der Waals surface area contributed by atoms with Gasteiger partial charge in [-0.1, -0.05) is 54.6 Å². The molecule has 4 aromatic carbocycles. The van der Waals surface area contributed by atoms with Gasteiger partial charge in [-0.05, 0) is 47.0 Å². The van der Waals surface area contributed by atoms with Crippen LogP contribution in [-0.2, 0) is 13.1 Å². The van der Waals surface area contributed by atoms with Crippen molar-refractivity contribution in [2.24, 2.45) is 0 Å². The Kier molecular flexibility index (Phi) is 6.51.